The zero-order valence-corrected chi connectivity index (χ0v) is 18.9. The number of carbonyl (C=O) groups is 2. The largest absolute Gasteiger partial charge is 0.493 e. The number of rotatable bonds is 4. The molecule has 2 aromatic rings. The number of carbonyl (C=O) groups excluding carboxylic acids is 2. The molecule has 9 heteroatoms. The SMILES string of the molecule is CCOc1ccc(/C=C2\C(=O)NC(=S)N(c3cccc(Cl)c3Cl)C2=O)cc1I. The van der Waals surface area contributed by atoms with Crippen LogP contribution < -0.4 is 15.0 Å². The van der Waals surface area contributed by atoms with E-state index < -0.39 is 11.8 Å². The minimum Gasteiger partial charge on any atom is -0.493 e. The van der Waals surface area contributed by atoms with E-state index in [0.29, 0.717) is 17.9 Å². The Morgan fingerprint density at radius 2 is 2.00 bits per heavy atom. The summed E-state index contributed by atoms with van der Waals surface area (Å²) in [6, 6.07) is 10.2. The molecule has 1 fully saturated rings. The highest BCUT2D eigenvalue weighted by molar-refractivity contribution is 14.1. The van der Waals surface area contributed by atoms with Crippen LogP contribution in [0.1, 0.15) is 12.5 Å². The molecule has 2 amide bonds. The molecule has 2 aromatic carbocycles. The number of hydrogen-bond donors (Lipinski definition) is 1. The molecule has 28 heavy (non-hydrogen) atoms. The number of thiocarbonyl (C=S) groups is 1. The van der Waals surface area contributed by atoms with Crippen LogP contribution in [0.2, 0.25) is 10.0 Å². The minimum atomic E-state index is -0.582. The molecule has 1 aliphatic heterocycles. The molecule has 0 spiro atoms. The number of hydrogen-bond acceptors (Lipinski definition) is 4. The maximum atomic E-state index is 13.1. The zero-order valence-electron chi connectivity index (χ0n) is 14.5. The smallest absolute Gasteiger partial charge is 0.270 e. The summed E-state index contributed by atoms with van der Waals surface area (Å²) in [7, 11) is 0. The standard InChI is InChI=1S/C19H13Cl2IN2O3S/c1-2-27-15-7-6-10(9-13(15)22)8-11-17(25)23-19(28)24(18(11)26)14-5-3-4-12(20)16(14)21/h3-9H,2H2,1H3,(H,23,25,28)/b11-8+. The molecule has 3 rings (SSSR count). The third-order valence-corrected chi connectivity index (χ3v) is 5.78. The molecule has 0 unspecified atom stereocenters. The Hall–Kier alpha value is -1.68. The van der Waals surface area contributed by atoms with E-state index in [9.17, 15) is 9.59 Å². The number of anilines is 1. The molecule has 1 aliphatic rings. The molecule has 144 valence electrons. The van der Waals surface area contributed by atoms with Crippen molar-refractivity contribution >= 4 is 86.7 Å². The van der Waals surface area contributed by atoms with Gasteiger partial charge in [-0.15, -0.1) is 0 Å². The van der Waals surface area contributed by atoms with Gasteiger partial charge in [0.15, 0.2) is 5.11 Å². The molecule has 1 heterocycles. The molecular weight excluding hydrogens is 534 g/mol. The van der Waals surface area contributed by atoms with Crippen LogP contribution in [0.4, 0.5) is 5.69 Å². The first-order valence-electron chi connectivity index (χ1n) is 8.11. The highest BCUT2D eigenvalue weighted by Crippen LogP contribution is 2.34. The lowest BCUT2D eigenvalue weighted by Crippen LogP contribution is -2.54. The maximum Gasteiger partial charge on any atom is 0.270 e. The monoisotopic (exact) mass is 546 g/mol. The second-order valence-electron chi connectivity index (χ2n) is 5.65. The molecule has 0 saturated carbocycles. The Labute approximate surface area is 190 Å². The van der Waals surface area contributed by atoms with Gasteiger partial charge in [0.05, 0.1) is 25.9 Å². The highest BCUT2D eigenvalue weighted by atomic mass is 127. The first-order valence-corrected chi connectivity index (χ1v) is 10.4. The average Bonchev–Trinajstić information content (AvgIpc) is 2.64. The van der Waals surface area contributed by atoms with Gasteiger partial charge >= 0.3 is 0 Å². The van der Waals surface area contributed by atoms with Crippen molar-refractivity contribution in [3.8, 4) is 5.75 Å². The molecule has 0 bridgehead atoms. The van der Waals surface area contributed by atoms with Gasteiger partial charge in [0.25, 0.3) is 11.8 Å². The van der Waals surface area contributed by atoms with Crippen LogP contribution in [0.5, 0.6) is 5.75 Å². The first kappa shape index (κ1) is 21.0. The Morgan fingerprint density at radius 3 is 2.68 bits per heavy atom. The summed E-state index contributed by atoms with van der Waals surface area (Å²) in [6.07, 6.45) is 1.50. The predicted octanol–water partition coefficient (Wildman–Crippen LogP) is 4.83. The van der Waals surface area contributed by atoms with Crippen LogP contribution in [0.25, 0.3) is 6.08 Å². The molecule has 0 radical (unpaired) electrons. The summed E-state index contributed by atoms with van der Waals surface area (Å²) in [5.41, 5.74) is 0.914. The average molecular weight is 547 g/mol. The van der Waals surface area contributed by atoms with Crippen LogP contribution in [0, 0.1) is 3.57 Å². The summed E-state index contributed by atoms with van der Waals surface area (Å²) in [5.74, 6) is -0.423. The Bertz CT molecular complexity index is 1030. The van der Waals surface area contributed by atoms with E-state index in [-0.39, 0.29) is 20.7 Å². The van der Waals surface area contributed by atoms with Crippen molar-refractivity contribution in [1.82, 2.24) is 5.32 Å². The quantitative estimate of drug-likeness (QED) is 0.258. The summed E-state index contributed by atoms with van der Waals surface area (Å²) in [5, 5.41) is 2.91. The molecule has 1 saturated heterocycles. The summed E-state index contributed by atoms with van der Waals surface area (Å²) >= 11 is 19.6. The number of halogens is 3. The number of nitrogens with zero attached hydrogens (tertiary/aromatic N) is 1. The molecule has 0 atom stereocenters. The third kappa shape index (κ3) is 4.17. The van der Waals surface area contributed by atoms with E-state index in [4.69, 9.17) is 40.2 Å². The van der Waals surface area contributed by atoms with E-state index in [1.807, 2.05) is 13.0 Å². The Morgan fingerprint density at radius 1 is 1.25 bits per heavy atom. The van der Waals surface area contributed by atoms with Gasteiger partial charge in [0, 0.05) is 0 Å². The van der Waals surface area contributed by atoms with Gasteiger partial charge < -0.3 is 4.74 Å². The van der Waals surface area contributed by atoms with Crippen molar-refractivity contribution in [2.45, 2.75) is 6.92 Å². The van der Waals surface area contributed by atoms with Gasteiger partial charge in [-0.1, -0.05) is 35.3 Å². The van der Waals surface area contributed by atoms with E-state index in [1.165, 1.54) is 6.08 Å². The van der Waals surface area contributed by atoms with Crippen LogP contribution in [0.3, 0.4) is 0 Å². The Kier molecular flexibility index (Phi) is 6.59. The lowest BCUT2D eigenvalue weighted by atomic mass is 10.1. The van der Waals surface area contributed by atoms with E-state index >= 15 is 0 Å². The predicted molar refractivity (Wildman–Crippen MR) is 123 cm³/mol. The van der Waals surface area contributed by atoms with Gasteiger partial charge in [-0.05, 0) is 77.6 Å². The molecule has 0 aliphatic carbocycles. The molecule has 0 aromatic heterocycles. The second-order valence-corrected chi connectivity index (χ2v) is 7.99. The van der Waals surface area contributed by atoms with E-state index in [2.05, 4.69) is 27.9 Å². The zero-order chi connectivity index (χ0) is 20.4. The third-order valence-electron chi connectivity index (χ3n) is 3.84. The second kappa shape index (κ2) is 8.77. The molecular formula is C19H13Cl2IN2O3S. The fourth-order valence-electron chi connectivity index (χ4n) is 2.59. The van der Waals surface area contributed by atoms with Gasteiger partial charge in [-0.3, -0.25) is 19.8 Å². The maximum absolute atomic E-state index is 13.1. The molecule has 1 N–H and O–H groups in total. The topological polar surface area (TPSA) is 58.6 Å². The van der Waals surface area contributed by atoms with Crippen LogP contribution in [-0.2, 0) is 9.59 Å². The lowest BCUT2D eigenvalue weighted by Gasteiger charge is -2.29. The number of benzene rings is 2. The fourth-order valence-corrected chi connectivity index (χ4v) is 3.94. The number of nitrogens with one attached hydrogen (secondary N) is 1. The fraction of sp³-hybridized carbons (Fsp3) is 0.105. The highest BCUT2D eigenvalue weighted by Gasteiger charge is 2.35. The normalized spacial score (nSPS) is 15.8. The van der Waals surface area contributed by atoms with Crippen molar-refractivity contribution in [3.05, 3.63) is 61.2 Å². The van der Waals surface area contributed by atoms with Crippen molar-refractivity contribution in [1.29, 1.82) is 0 Å². The summed E-state index contributed by atoms with van der Waals surface area (Å²) < 4.78 is 6.37. The van der Waals surface area contributed by atoms with Crippen LogP contribution in [-0.4, -0.2) is 23.5 Å². The first-order chi connectivity index (χ1) is 13.3. The van der Waals surface area contributed by atoms with Gasteiger partial charge in [0.1, 0.15) is 11.3 Å². The van der Waals surface area contributed by atoms with Gasteiger partial charge in [-0.25, -0.2) is 0 Å². The van der Waals surface area contributed by atoms with Crippen molar-refractivity contribution in [2.75, 3.05) is 11.5 Å². The van der Waals surface area contributed by atoms with Crippen LogP contribution >= 0.6 is 58.0 Å². The molecule has 5 nitrogen and oxygen atoms in total. The van der Waals surface area contributed by atoms with Crippen LogP contribution in [0.15, 0.2) is 42.0 Å². The summed E-state index contributed by atoms with van der Waals surface area (Å²) in [4.78, 5) is 26.6. The Balaban J connectivity index is 2.01. The van der Waals surface area contributed by atoms with Crippen molar-refractivity contribution < 1.29 is 14.3 Å². The van der Waals surface area contributed by atoms with Gasteiger partial charge in [0.2, 0.25) is 0 Å². The van der Waals surface area contributed by atoms with Crippen molar-refractivity contribution in [2.24, 2.45) is 0 Å². The van der Waals surface area contributed by atoms with E-state index in [1.54, 1.807) is 30.3 Å². The number of amides is 2. The summed E-state index contributed by atoms with van der Waals surface area (Å²) in [6.45, 7) is 2.44. The lowest BCUT2D eigenvalue weighted by molar-refractivity contribution is -0.122. The van der Waals surface area contributed by atoms with E-state index in [0.717, 1.165) is 14.2 Å². The number of ether oxygens (including phenoxy) is 1. The minimum absolute atomic E-state index is 0.0578. The van der Waals surface area contributed by atoms with Gasteiger partial charge in [-0.2, -0.15) is 0 Å². The van der Waals surface area contributed by atoms with Crippen molar-refractivity contribution in [3.63, 3.8) is 0 Å².